The molecule has 98 valence electrons. The van der Waals surface area contributed by atoms with Gasteiger partial charge in [0.2, 0.25) is 0 Å². The summed E-state index contributed by atoms with van der Waals surface area (Å²) >= 11 is 0. The first kappa shape index (κ1) is 11.9. The maximum atomic E-state index is 5.69. The molecule has 3 aliphatic rings. The number of ether oxygens (including phenoxy) is 1. The normalized spacial score (nSPS) is 30.4. The monoisotopic (exact) mass is 238 g/mol. The predicted octanol–water partition coefficient (Wildman–Crippen LogP) is 1.73. The lowest BCUT2D eigenvalue weighted by atomic mass is 9.75. The van der Waals surface area contributed by atoms with Gasteiger partial charge in [0.25, 0.3) is 0 Å². The molecule has 0 N–H and O–H groups in total. The Morgan fingerprint density at radius 3 is 2.41 bits per heavy atom. The van der Waals surface area contributed by atoms with Crippen molar-refractivity contribution >= 4 is 0 Å². The lowest BCUT2D eigenvalue weighted by Crippen LogP contribution is -2.62. The maximum Gasteiger partial charge on any atom is 0.0651 e. The minimum atomic E-state index is 0.452. The van der Waals surface area contributed by atoms with Crippen LogP contribution < -0.4 is 0 Å². The van der Waals surface area contributed by atoms with Gasteiger partial charge >= 0.3 is 0 Å². The van der Waals surface area contributed by atoms with Gasteiger partial charge in [-0.05, 0) is 45.2 Å². The summed E-state index contributed by atoms with van der Waals surface area (Å²) in [6, 6.07) is 0. The van der Waals surface area contributed by atoms with Gasteiger partial charge in [0.05, 0.1) is 13.2 Å². The van der Waals surface area contributed by atoms with E-state index in [1.54, 1.807) is 0 Å². The highest BCUT2D eigenvalue weighted by Gasteiger charge is 2.44. The fourth-order valence-corrected chi connectivity index (χ4v) is 3.60. The van der Waals surface area contributed by atoms with Crippen molar-refractivity contribution in [3.8, 4) is 0 Å². The highest BCUT2D eigenvalue weighted by molar-refractivity contribution is 4.99. The smallest absolute Gasteiger partial charge is 0.0651 e. The zero-order valence-electron chi connectivity index (χ0n) is 11.0. The van der Waals surface area contributed by atoms with Crippen LogP contribution in [-0.4, -0.2) is 61.3 Å². The van der Waals surface area contributed by atoms with Crippen LogP contribution in [0.3, 0.4) is 0 Å². The van der Waals surface area contributed by atoms with E-state index in [9.17, 15) is 0 Å². The molecule has 2 heterocycles. The molecule has 3 rings (SSSR count). The Balaban J connectivity index is 1.49. The Labute approximate surface area is 105 Å². The number of hydrogen-bond acceptors (Lipinski definition) is 3. The average Bonchev–Trinajstić information content (AvgIpc) is 2.36. The number of hydrogen-bond donors (Lipinski definition) is 0. The van der Waals surface area contributed by atoms with Crippen LogP contribution in [0.15, 0.2) is 0 Å². The fraction of sp³-hybridized carbons (Fsp3) is 1.00. The molecule has 0 aromatic rings. The van der Waals surface area contributed by atoms with Gasteiger partial charge in [-0.15, -0.1) is 0 Å². The summed E-state index contributed by atoms with van der Waals surface area (Å²) in [6.07, 6.45) is 8.41. The summed E-state index contributed by atoms with van der Waals surface area (Å²) in [7, 11) is 0. The van der Waals surface area contributed by atoms with Gasteiger partial charge in [-0.2, -0.15) is 0 Å². The predicted molar refractivity (Wildman–Crippen MR) is 69.3 cm³/mol. The van der Waals surface area contributed by atoms with Crippen molar-refractivity contribution < 1.29 is 4.74 Å². The second kappa shape index (κ2) is 5.25. The fourth-order valence-electron chi connectivity index (χ4n) is 3.60. The second-order valence-corrected chi connectivity index (χ2v) is 6.02. The molecule has 1 saturated carbocycles. The minimum Gasteiger partial charge on any atom is -0.378 e. The first-order chi connectivity index (χ1) is 8.39. The van der Waals surface area contributed by atoms with E-state index >= 15 is 0 Å². The topological polar surface area (TPSA) is 15.7 Å². The Hall–Kier alpha value is -0.120. The van der Waals surface area contributed by atoms with Gasteiger partial charge in [-0.3, -0.25) is 4.90 Å². The summed E-state index contributed by atoms with van der Waals surface area (Å²) in [5.74, 6) is 0. The molecule has 1 aliphatic carbocycles. The van der Waals surface area contributed by atoms with Crippen molar-refractivity contribution in [2.24, 2.45) is 0 Å². The van der Waals surface area contributed by atoms with E-state index in [-0.39, 0.29) is 0 Å². The number of morpholine rings is 1. The molecule has 0 amide bonds. The van der Waals surface area contributed by atoms with Crippen molar-refractivity contribution in [2.75, 3.05) is 45.9 Å². The molecule has 3 nitrogen and oxygen atoms in total. The third-order valence-electron chi connectivity index (χ3n) is 4.97. The van der Waals surface area contributed by atoms with Crippen LogP contribution in [0.5, 0.6) is 0 Å². The largest absolute Gasteiger partial charge is 0.378 e. The van der Waals surface area contributed by atoms with Crippen molar-refractivity contribution in [3.05, 3.63) is 0 Å². The van der Waals surface area contributed by atoms with Crippen LogP contribution in [0.4, 0.5) is 0 Å². The molecule has 3 heteroatoms. The van der Waals surface area contributed by atoms with Crippen LogP contribution in [0.1, 0.15) is 38.5 Å². The number of nitrogens with zero attached hydrogens (tertiary/aromatic N) is 2. The lowest BCUT2D eigenvalue weighted by Gasteiger charge is -2.53. The van der Waals surface area contributed by atoms with Crippen molar-refractivity contribution in [1.29, 1.82) is 0 Å². The first-order valence-corrected chi connectivity index (χ1v) is 7.44. The van der Waals surface area contributed by atoms with Gasteiger partial charge in [-0.1, -0.05) is 6.42 Å². The zero-order valence-corrected chi connectivity index (χ0v) is 11.0. The van der Waals surface area contributed by atoms with E-state index < -0.39 is 0 Å². The molecule has 2 saturated heterocycles. The van der Waals surface area contributed by atoms with Gasteiger partial charge in [-0.25, -0.2) is 0 Å². The highest BCUT2D eigenvalue weighted by Crippen LogP contribution is 2.39. The van der Waals surface area contributed by atoms with Crippen molar-refractivity contribution in [1.82, 2.24) is 9.80 Å². The average molecular weight is 238 g/mol. The third-order valence-corrected chi connectivity index (χ3v) is 4.97. The molecule has 0 atom stereocenters. The van der Waals surface area contributed by atoms with Gasteiger partial charge < -0.3 is 9.64 Å². The summed E-state index contributed by atoms with van der Waals surface area (Å²) < 4.78 is 5.69. The van der Waals surface area contributed by atoms with E-state index in [0.29, 0.717) is 5.54 Å². The number of piperidine rings is 1. The molecule has 0 radical (unpaired) electrons. The van der Waals surface area contributed by atoms with Gasteiger partial charge in [0, 0.05) is 25.2 Å². The first-order valence-electron chi connectivity index (χ1n) is 7.44. The van der Waals surface area contributed by atoms with Gasteiger partial charge in [0.1, 0.15) is 0 Å². The molecule has 1 spiro atoms. The molecule has 0 unspecified atom stereocenters. The molecular formula is C14H26N2O. The van der Waals surface area contributed by atoms with E-state index in [4.69, 9.17) is 4.74 Å². The molecule has 0 aromatic heterocycles. The third kappa shape index (κ3) is 2.51. The molecular weight excluding hydrogens is 212 g/mol. The summed E-state index contributed by atoms with van der Waals surface area (Å²) in [4.78, 5) is 5.39. The van der Waals surface area contributed by atoms with E-state index in [2.05, 4.69) is 9.80 Å². The Morgan fingerprint density at radius 1 is 0.882 bits per heavy atom. The Bertz CT molecular complexity index is 247. The Kier molecular flexibility index (Phi) is 3.69. The standard InChI is InChI=1S/C14H26N2O/c1-2-7-15(8-3-1)9-10-16-11-12-17-13-14(16)5-4-6-14/h1-13H2. The van der Waals surface area contributed by atoms with Gasteiger partial charge in [0.15, 0.2) is 0 Å². The SMILES string of the molecule is C1CCN(CCN2CCOCC23CCC3)CC1. The highest BCUT2D eigenvalue weighted by atomic mass is 16.5. The summed E-state index contributed by atoms with van der Waals surface area (Å²) in [6.45, 7) is 8.31. The molecule has 0 aromatic carbocycles. The summed E-state index contributed by atoms with van der Waals surface area (Å²) in [5.41, 5.74) is 0.452. The van der Waals surface area contributed by atoms with Crippen LogP contribution >= 0.6 is 0 Å². The molecule has 0 bridgehead atoms. The van der Waals surface area contributed by atoms with Crippen LogP contribution in [0.25, 0.3) is 0 Å². The number of rotatable bonds is 3. The zero-order chi connectivity index (χ0) is 11.6. The van der Waals surface area contributed by atoms with Crippen LogP contribution in [0, 0.1) is 0 Å². The van der Waals surface area contributed by atoms with E-state index in [0.717, 1.165) is 19.8 Å². The maximum absolute atomic E-state index is 5.69. The van der Waals surface area contributed by atoms with Crippen LogP contribution in [-0.2, 0) is 4.74 Å². The van der Waals surface area contributed by atoms with Crippen molar-refractivity contribution in [3.63, 3.8) is 0 Å². The van der Waals surface area contributed by atoms with Crippen LogP contribution in [0.2, 0.25) is 0 Å². The molecule has 3 fully saturated rings. The lowest BCUT2D eigenvalue weighted by molar-refractivity contribution is -0.108. The molecule has 2 aliphatic heterocycles. The quantitative estimate of drug-likeness (QED) is 0.745. The molecule has 17 heavy (non-hydrogen) atoms. The van der Waals surface area contributed by atoms with E-state index in [1.807, 2.05) is 0 Å². The summed E-state index contributed by atoms with van der Waals surface area (Å²) in [5, 5.41) is 0. The Morgan fingerprint density at radius 2 is 1.71 bits per heavy atom. The minimum absolute atomic E-state index is 0.452. The number of likely N-dealkylation sites (tertiary alicyclic amines) is 1. The van der Waals surface area contributed by atoms with Crippen molar-refractivity contribution in [2.45, 2.75) is 44.1 Å². The second-order valence-electron chi connectivity index (χ2n) is 6.02. The van der Waals surface area contributed by atoms with E-state index in [1.165, 1.54) is 64.7 Å².